The zero-order valence-electron chi connectivity index (χ0n) is 20.8. The monoisotopic (exact) mass is 562 g/mol. The van der Waals surface area contributed by atoms with Gasteiger partial charge >= 0.3 is 17.9 Å². The van der Waals surface area contributed by atoms with Gasteiger partial charge in [0.1, 0.15) is 23.5 Å². The Hall–Kier alpha value is -3.04. The Balaban J connectivity index is 0.00000235. The van der Waals surface area contributed by atoms with E-state index in [0.717, 1.165) is 16.7 Å². The average Bonchev–Trinajstić information content (AvgIpc) is 2.85. The van der Waals surface area contributed by atoms with Crippen molar-refractivity contribution < 1.29 is 44.1 Å². The second-order valence-electron chi connectivity index (χ2n) is 7.39. The maximum Gasteiger partial charge on any atom is 0.326 e. The number of β-lactam (4-membered cyclic amide) rings is 1. The Bertz CT molecular complexity index is 882. The number of likely N-dealkylation sites (tertiary alicyclic amines) is 1. The molecule has 1 aliphatic rings. The lowest BCUT2D eigenvalue weighted by Gasteiger charge is -2.49. The third-order valence-corrected chi connectivity index (χ3v) is 6.82. The van der Waals surface area contributed by atoms with E-state index < -0.39 is 59.6 Å². The first-order valence-corrected chi connectivity index (χ1v) is 13.2. The molecule has 0 saturated carbocycles. The molecule has 0 aliphatic carbocycles. The number of allylic oxidation sites excluding steroid dienone is 2. The summed E-state index contributed by atoms with van der Waals surface area (Å²) in [4.78, 5) is 70.3. The molecular formula is C22H34N4O9S2. The topological polar surface area (TPSA) is 216 Å². The molecule has 1 rings (SSSR count). The van der Waals surface area contributed by atoms with Crippen molar-refractivity contribution in [2.45, 2.75) is 63.5 Å². The number of nitrogens with one attached hydrogen (secondary N) is 2. The number of aliphatic carboxylic acids is 3. The van der Waals surface area contributed by atoms with Gasteiger partial charge in [0.05, 0.1) is 6.54 Å². The lowest BCUT2D eigenvalue weighted by Crippen LogP contribution is -2.73. The lowest BCUT2D eigenvalue weighted by atomic mass is 9.99. The van der Waals surface area contributed by atoms with Crippen LogP contribution in [0.25, 0.3) is 0 Å². The van der Waals surface area contributed by atoms with Gasteiger partial charge in [-0.15, -0.1) is 23.5 Å². The molecule has 0 aromatic carbocycles. The smallest absolute Gasteiger partial charge is 0.326 e. The maximum atomic E-state index is 12.8. The summed E-state index contributed by atoms with van der Waals surface area (Å²) in [6, 6.07) is -3.20. The Kier molecular flexibility index (Phi) is 16.7. The molecule has 0 aromatic rings. The van der Waals surface area contributed by atoms with E-state index in [9.17, 15) is 33.9 Å². The number of carbonyl (C=O) groups is 6. The largest absolute Gasteiger partial charge is 0.481 e. The molecule has 4 atom stereocenters. The van der Waals surface area contributed by atoms with Crippen LogP contribution in [0.5, 0.6) is 0 Å². The minimum Gasteiger partial charge on any atom is -0.481 e. The molecule has 208 valence electrons. The molecule has 0 spiro atoms. The van der Waals surface area contributed by atoms with Gasteiger partial charge in [-0.05, 0) is 31.1 Å². The van der Waals surface area contributed by atoms with E-state index in [4.69, 9.17) is 10.2 Å². The van der Waals surface area contributed by atoms with Crippen LogP contribution in [-0.2, 0) is 28.8 Å². The summed E-state index contributed by atoms with van der Waals surface area (Å²) in [5.41, 5.74) is 4.57. The van der Waals surface area contributed by atoms with Crippen molar-refractivity contribution in [1.82, 2.24) is 15.5 Å². The Labute approximate surface area is 223 Å². The van der Waals surface area contributed by atoms with Crippen LogP contribution in [0.3, 0.4) is 0 Å². The Morgan fingerprint density at radius 3 is 2.14 bits per heavy atom. The summed E-state index contributed by atoms with van der Waals surface area (Å²) >= 11 is 2.48. The average molecular weight is 563 g/mol. The van der Waals surface area contributed by atoms with Crippen molar-refractivity contribution >= 4 is 59.2 Å². The highest BCUT2D eigenvalue weighted by molar-refractivity contribution is 8.02. The predicted octanol–water partition coefficient (Wildman–Crippen LogP) is 0.416. The summed E-state index contributed by atoms with van der Waals surface area (Å²) in [5, 5.41) is 34.0. The maximum absolute atomic E-state index is 12.8. The number of amides is 3. The van der Waals surface area contributed by atoms with Gasteiger partial charge < -0.3 is 36.6 Å². The number of hydrogen-bond acceptors (Lipinski definition) is 9. The second kappa shape index (κ2) is 18.2. The summed E-state index contributed by atoms with van der Waals surface area (Å²) in [7, 11) is 0. The molecule has 15 heteroatoms. The molecule has 3 amide bonds. The van der Waals surface area contributed by atoms with Crippen molar-refractivity contribution in [1.29, 1.82) is 0 Å². The van der Waals surface area contributed by atoms with Crippen LogP contribution in [0.4, 0.5) is 0 Å². The minimum atomic E-state index is -1.32. The highest BCUT2D eigenvalue weighted by Gasteiger charge is 2.53. The van der Waals surface area contributed by atoms with Gasteiger partial charge in [0, 0.05) is 18.6 Å². The van der Waals surface area contributed by atoms with Crippen molar-refractivity contribution in [3.8, 4) is 0 Å². The zero-order valence-corrected chi connectivity index (χ0v) is 22.4. The number of carbonyl (C=O) groups excluding carboxylic acids is 3. The first-order chi connectivity index (χ1) is 17.4. The highest BCUT2D eigenvalue weighted by atomic mass is 32.2. The van der Waals surface area contributed by atoms with Crippen LogP contribution in [-0.4, -0.2) is 91.6 Å². The lowest BCUT2D eigenvalue weighted by molar-refractivity contribution is -0.162. The number of carboxylic acids is 3. The van der Waals surface area contributed by atoms with Crippen molar-refractivity contribution in [3.05, 3.63) is 23.0 Å². The molecule has 37 heavy (non-hydrogen) atoms. The fraction of sp³-hybridized carbons (Fsp3) is 0.545. The molecule has 13 nitrogen and oxygen atoms in total. The number of nitrogens with two attached hydrogens (primary N) is 1. The van der Waals surface area contributed by atoms with Crippen LogP contribution in [0.1, 0.15) is 40.0 Å². The fourth-order valence-electron chi connectivity index (χ4n) is 2.88. The third kappa shape index (κ3) is 12.2. The van der Waals surface area contributed by atoms with Crippen LogP contribution in [0.15, 0.2) is 23.0 Å². The quantitative estimate of drug-likeness (QED) is 0.150. The Morgan fingerprint density at radius 1 is 1.08 bits per heavy atom. The third-order valence-electron chi connectivity index (χ3n) is 4.63. The van der Waals surface area contributed by atoms with E-state index in [1.54, 1.807) is 36.8 Å². The van der Waals surface area contributed by atoms with Crippen LogP contribution in [0, 0.1) is 0 Å². The van der Waals surface area contributed by atoms with Crippen molar-refractivity contribution in [3.63, 3.8) is 0 Å². The molecule has 1 heterocycles. The molecule has 0 bridgehead atoms. The van der Waals surface area contributed by atoms with Crippen molar-refractivity contribution in [2.24, 2.45) is 5.73 Å². The predicted molar refractivity (Wildman–Crippen MR) is 139 cm³/mol. The van der Waals surface area contributed by atoms with E-state index in [1.807, 2.05) is 6.92 Å². The van der Waals surface area contributed by atoms with Gasteiger partial charge in [0.15, 0.2) is 0 Å². The van der Waals surface area contributed by atoms with E-state index in [2.05, 4.69) is 16.4 Å². The standard InChI is InChI=1S/C20H29N3O7S2.C2H5NO2/c1-4-9-31-11-12(21-14(24)6-3)17(27)22-16-18(28)23(19(16)32-10-5-2)13(20(29)30)7-8-15(25)26;3-1-2(4)5/h4-5,9-10,12-13,16,19H,6-8,11H2,1-3H3,(H,21,24)(H,22,27)(H,25,26)(H,29,30);1,3H2,(H,4,5). The molecule has 4 unspecified atom stereocenters. The van der Waals surface area contributed by atoms with Gasteiger partial charge in [0.25, 0.3) is 0 Å². The number of thioether (sulfide) groups is 2. The SMILES string of the molecule is CC=CSCC(NC(=O)CC)C(=O)NC1C(=O)N(C(CCC(=O)O)C(=O)O)C1SC=CC.NCC(=O)O. The summed E-state index contributed by atoms with van der Waals surface area (Å²) in [6.45, 7) is 4.95. The molecule has 7 N–H and O–H groups in total. The first kappa shape index (κ1) is 34.0. The summed E-state index contributed by atoms with van der Waals surface area (Å²) in [6.07, 6.45) is 3.03. The minimum absolute atomic E-state index is 0.192. The van der Waals surface area contributed by atoms with Crippen LogP contribution in [0.2, 0.25) is 0 Å². The Morgan fingerprint density at radius 2 is 1.68 bits per heavy atom. The summed E-state index contributed by atoms with van der Waals surface area (Å²) in [5.74, 6) is -4.66. The molecule has 1 saturated heterocycles. The highest BCUT2D eigenvalue weighted by Crippen LogP contribution is 2.34. The molecule has 0 aromatic heterocycles. The number of hydrogen-bond donors (Lipinski definition) is 6. The fourth-order valence-corrected chi connectivity index (χ4v) is 4.65. The number of carboxylic acid groups (broad SMARTS) is 3. The van der Waals surface area contributed by atoms with E-state index >= 15 is 0 Å². The molecule has 0 radical (unpaired) electrons. The van der Waals surface area contributed by atoms with Gasteiger partial charge in [-0.1, -0.05) is 19.1 Å². The van der Waals surface area contributed by atoms with Gasteiger partial charge in [-0.25, -0.2) is 4.79 Å². The van der Waals surface area contributed by atoms with Crippen molar-refractivity contribution in [2.75, 3.05) is 12.3 Å². The second-order valence-corrected chi connectivity index (χ2v) is 9.35. The van der Waals surface area contributed by atoms with E-state index in [-0.39, 0.29) is 31.0 Å². The molecule has 1 fully saturated rings. The van der Waals surface area contributed by atoms with E-state index in [1.165, 1.54) is 11.8 Å². The van der Waals surface area contributed by atoms with Crippen LogP contribution < -0.4 is 16.4 Å². The molecule has 1 aliphatic heterocycles. The van der Waals surface area contributed by atoms with Gasteiger partial charge in [0.2, 0.25) is 17.7 Å². The normalized spacial score (nSPS) is 18.4. The first-order valence-electron chi connectivity index (χ1n) is 11.2. The van der Waals surface area contributed by atoms with Gasteiger partial charge in [-0.2, -0.15) is 0 Å². The molecular weight excluding hydrogens is 528 g/mol. The van der Waals surface area contributed by atoms with E-state index in [0.29, 0.717) is 0 Å². The van der Waals surface area contributed by atoms with Crippen LogP contribution >= 0.6 is 23.5 Å². The number of rotatable bonds is 15. The zero-order chi connectivity index (χ0) is 28.5. The van der Waals surface area contributed by atoms with Gasteiger partial charge in [-0.3, -0.25) is 24.0 Å². The summed E-state index contributed by atoms with van der Waals surface area (Å²) < 4.78 is 0. The number of nitrogens with zero attached hydrogens (tertiary/aromatic N) is 1.